The van der Waals surface area contributed by atoms with Crippen LogP contribution in [0.5, 0.6) is 0 Å². The zero-order valence-corrected chi connectivity index (χ0v) is 10.4. The summed E-state index contributed by atoms with van der Waals surface area (Å²) in [6.45, 7) is 0.876. The van der Waals surface area contributed by atoms with Gasteiger partial charge in [0.25, 0.3) is 0 Å². The van der Waals surface area contributed by atoms with Gasteiger partial charge in [0.15, 0.2) is 0 Å². The Balaban J connectivity index is 1.95. The van der Waals surface area contributed by atoms with Gasteiger partial charge >= 0.3 is 0 Å². The number of rotatable bonds is 2. The van der Waals surface area contributed by atoms with Crippen molar-refractivity contribution in [2.45, 2.75) is 44.2 Å². The summed E-state index contributed by atoms with van der Waals surface area (Å²) in [5, 5.41) is 10.5. The summed E-state index contributed by atoms with van der Waals surface area (Å²) >= 11 is 3.44. The van der Waals surface area contributed by atoms with Gasteiger partial charge in [0, 0.05) is 24.3 Å². The molecule has 2 fully saturated rings. The maximum Gasteiger partial charge on any atom is 0.223 e. The molecule has 1 N–H and O–H groups in total. The molecule has 0 aromatic carbocycles. The second-order valence-electron chi connectivity index (χ2n) is 4.74. The van der Waals surface area contributed by atoms with Gasteiger partial charge in [-0.2, -0.15) is 0 Å². The molecule has 0 aromatic rings. The molecular weight excluding hydrogens is 258 g/mol. The summed E-state index contributed by atoms with van der Waals surface area (Å²) < 4.78 is 0. The number of likely N-dealkylation sites (tertiary alicyclic amines) is 1. The molecule has 3 atom stereocenters. The Morgan fingerprint density at radius 1 is 1.47 bits per heavy atom. The number of hydrogen-bond donors (Lipinski definition) is 1. The number of alkyl halides is 1. The molecule has 1 aliphatic carbocycles. The Morgan fingerprint density at radius 3 is 2.87 bits per heavy atom. The lowest BCUT2D eigenvalue weighted by Gasteiger charge is -2.33. The normalized spacial score (nSPS) is 37.3. The van der Waals surface area contributed by atoms with E-state index in [1.54, 1.807) is 0 Å². The Hall–Kier alpha value is -0.0900. The molecule has 0 spiro atoms. The predicted octanol–water partition coefficient (Wildman–Crippen LogP) is 1.53. The molecule has 2 aliphatic rings. The summed E-state index contributed by atoms with van der Waals surface area (Å²) in [6.07, 6.45) is 4.28. The molecule has 1 saturated carbocycles. The number of nitrogens with zero attached hydrogens (tertiary/aromatic N) is 1. The van der Waals surface area contributed by atoms with Gasteiger partial charge in [-0.1, -0.05) is 15.9 Å². The first kappa shape index (κ1) is 11.4. The van der Waals surface area contributed by atoms with Crippen molar-refractivity contribution < 1.29 is 9.90 Å². The monoisotopic (exact) mass is 275 g/mol. The molecule has 86 valence electrons. The lowest BCUT2D eigenvalue weighted by atomic mass is 9.92. The van der Waals surface area contributed by atoms with Crippen LogP contribution in [0.1, 0.15) is 32.1 Å². The fourth-order valence-corrected chi connectivity index (χ4v) is 3.12. The molecule has 2 rings (SSSR count). The van der Waals surface area contributed by atoms with Crippen LogP contribution in [0, 0.1) is 5.92 Å². The standard InChI is InChI=1S/C11H18BrNO2/c12-6-8-4-11(15)13(7-8)9-2-1-3-10(14)5-9/h8-10,14H,1-7H2. The number of aliphatic hydroxyl groups is 1. The van der Waals surface area contributed by atoms with E-state index in [9.17, 15) is 9.90 Å². The molecule has 4 heteroatoms. The number of aliphatic hydroxyl groups excluding tert-OH is 1. The van der Waals surface area contributed by atoms with Crippen molar-refractivity contribution in [2.24, 2.45) is 5.92 Å². The average Bonchev–Trinajstić information content (AvgIpc) is 2.60. The van der Waals surface area contributed by atoms with Gasteiger partial charge in [-0.15, -0.1) is 0 Å². The third kappa shape index (κ3) is 2.53. The van der Waals surface area contributed by atoms with E-state index < -0.39 is 0 Å². The zero-order chi connectivity index (χ0) is 10.8. The highest BCUT2D eigenvalue weighted by molar-refractivity contribution is 9.09. The fraction of sp³-hybridized carbons (Fsp3) is 0.909. The topological polar surface area (TPSA) is 40.5 Å². The molecule has 1 amide bonds. The van der Waals surface area contributed by atoms with Crippen molar-refractivity contribution in [1.29, 1.82) is 0 Å². The van der Waals surface area contributed by atoms with Crippen LogP contribution in [-0.4, -0.2) is 39.9 Å². The molecule has 0 radical (unpaired) electrons. The second-order valence-corrected chi connectivity index (χ2v) is 5.39. The molecule has 0 bridgehead atoms. The molecule has 3 nitrogen and oxygen atoms in total. The Bertz CT molecular complexity index is 247. The Labute approximate surface area is 99.0 Å². The van der Waals surface area contributed by atoms with E-state index in [0.717, 1.165) is 37.6 Å². The lowest BCUT2D eigenvalue weighted by molar-refractivity contribution is -0.130. The maximum absolute atomic E-state index is 11.8. The van der Waals surface area contributed by atoms with Crippen molar-refractivity contribution >= 4 is 21.8 Å². The lowest BCUT2D eigenvalue weighted by Crippen LogP contribution is -2.41. The van der Waals surface area contributed by atoms with E-state index in [4.69, 9.17) is 0 Å². The van der Waals surface area contributed by atoms with Gasteiger partial charge in [0.2, 0.25) is 5.91 Å². The van der Waals surface area contributed by atoms with E-state index >= 15 is 0 Å². The summed E-state index contributed by atoms with van der Waals surface area (Å²) in [7, 11) is 0. The van der Waals surface area contributed by atoms with Crippen molar-refractivity contribution in [2.75, 3.05) is 11.9 Å². The van der Waals surface area contributed by atoms with Gasteiger partial charge in [0.05, 0.1) is 6.10 Å². The Morgan fingerprint density at radius 2 is 2.27 bits per heavy atom. The largest absolute Gasteiger partial charge is 0.393 e. The first-order chi connectivity index (χ1) is 7.20. The molecule has 1 aliphatic heterocycles. The van der Waals surface area contributed by atoms with Crippen molar-refractivity contribution in [3.8, 4) is 0 Å². The first-order valence-electron chi connectivity index (χ1n) is 5.74. The van der Waals surface area contributed by atoms with Crippen LogP contribution in [0.4, 0.5) is 0 Å². The highest BCUT2D eigenvalue weighted by atomic mass is 79.9. The van der Waals surface area contributed by atoms with E-state index in [2.05, 4.69) is 15.9 Å². The fourth-order valence-electron chi connectivity index (χ4n) is 2.69. The minimum absolute atomic E-state index is 0.195. The number of hydrogen-bond acceptors (Lipinski definition) is 2. The van der Waals surface area contributed by atoms with E-state index in [-0.39, 0.29) is 12.0 Å². The third-order valence-electron chi connectivity index (χ3n) is 3.52. The van der Waals surface area contributed by atoms with Crippen molar-refractivity contribution in [3.63, 3.8) is 0 Å². The van der Waals surface area contributed by atoms with Crippen LogP contribution in [0.25, 0.3) is 0 Å². The van der Waals surface area contributed by atoms with Gasteiger partial charge in [0.1, 0.15) is 0 Å². The molecule has 0 aromatic heterocycles. The van der Waals surface area contributed by atoms with Crippen LogP contribution < -0.4 is 0 Å². The second kappa shape index (κ2) is 4.83. The Kier molecular flexibility index (Phi) is 3.67. The van der Waals surface area contributed by atoms with Gasteiger partial charge in [-0.3, -0.25) is 4.79 Å². The molecule has 1 saturated heterocycles. The predicted molar refractivity (Wildman–Crippen MR) is 61.9 cm³/mol. The molecule has 1 heterocycles. The summed E-state index contributed by atoms with van der Waals surface area (Å²) in [5.74, 6) is 0.745. The van der Waals surface area contributed by atoms with Crippen LogP contribution in [0.2, 0.25) is 0 Å². The van der Waals surface area contributed by atoms with E-state index in [1.807, 2.05) is 4.90 Å². The number of carbonyl (C=O) groups excluding carboxylic acids is 1. The van der Waals surface area contributed by atoms with Crippen molar-refractivity contribution in [1.82, 2.24) is 4.90 Å². The van der Waals surface area contributed by atoms with Crippen molar-refractivity contribution in [3.05, 3.63) is 0 Å². The summed E-state index contributed by atoms with van der Waals surface area (Å²) in [5.41, 5.74) is 0. The summed E-state index contributed by atoms with van der Waals surface area (Å²) in [4.78, 5) is 13.8. The highest BCUT2D eigenvalue weighted by Crippen LogP contribution is 2.29. The molecule has 15 heavy (non-hydrogen) atoms. The van der Waals surface area contributed by atoms with Gasteiger partial charge < -0.3 is 10.0 Å². The first-order valence-corrected chi connectivity index (χ1v) is 6.86. The number of carbonyl (C=O) groups is 1. The minimum atomic E-state index is -0.195. The molecular formula is C11H18BrNO2. The van der Waals surface area contributed by atoms with Crippen LogP contribution >= 0.6 is 15.9 Å². The highest BCUT2D eigenvalue weighted by Gasteiger charge is 2.35. The van der Waals surface area contributed by atoms with Crippen LogP contribution in [0.15, 0.2) is 0 Å². The third-order valence-corrected chi connectivity index (χ3v) is 4.43. The van der Waals surface area contributed by atoms with Gasteiger partial charge in [-0.25, -0.2) is 0 Å². The van der Waals surface area contributed by atoms with Crippen LogP contribution in [0.3, 0.4) is 0 Å². The SMILES string of the molecule is O=C1CC(CBr)CN1C1CCCC(O)C1. The van der Waals surface area contributed by atoms with E-state index in [1.165, 1.54) is 0 Å². The number of halogens is 1. The quantitative estimate of drug-likeness (QED) is 0.777. The molecule has 3 unspecified atom stereocenters. The number of amides is 1. The zero-order valence-electron chi connectivity index (χ0n) is 8.86. The van der Waals surface area contributed by atoms with E-state index in [0.29, 0.717) is 18.4 Å². The van der Waals surface area contributed by atoms with Gasteiger partial charge in [-0.05, 0) is 31.6 Å². The van der Waals surface area contributed by atoms with Crippen LogP contribution in [-0.2, 0) is 4.79 Å². The smallest absolute Gasteiger partial charge is 0.223 e. The minimum Gasteiger partial charge on any atom is -0.393 e. The average molecular weight is 276 g/mol. The summed E-state index contributed by atoms with van der Waals surface area (Å²) in [6, 6.07) is 0.297. The maximum atomic E-state index is 11.8.